The average molecular weight is 310 g/mol. The van der Waals surface area contributed by atoms with Crippen LogP contribution >= 0.6 is 0 Å². The van der Waals surface area contributed by atoms with E-state index >= 15 is 0 Å². The molecule has 0 aliphatic rings. The molecule has 0 radical (unpaired) electrons. The average Bonchev–Trinajstić information content (AvgIpc) is 2.37. The van der Waals surface area contributed by atoms with Crippen LogP contribution in [0.4, 0.5) is 24.8 Å². The molecule has 0 aromatic carbocycles. The molecule has 0 saturated carbocycles. The molecule has 1 aromatic rings. The van der Waals surface area contributed by atoms with E-state index in [2.05, 4.69) is 15.7 Å². The molecule has 1 aromatic heterocycles. The minimum Gasteiger partial charge on any atom is -0.370 e. The van der Waals surface area contributed by atoms with Crippen molar-refractivity contribution in [3.05, 3.63) is 17.7 Å². The highest BCUT2D eigenvalue weighted by molar-refractivity contribution is 7.84. The highest BCUT2D eigenvalue weighted by atomic mass is 32.2. The third kappa shape index (κ3) is 4.97. The normalized spacial score (nSPS) is 14.7. The minimum absolute atomic E-state index is 0.0413. The summed E-state index contributed by atoms with van der Waals surface area (Å²) in [6.45, 7) is 2.18. The van der Waals surface area contributed by atoms with Gasteiger partial charge in [0.05, 0.1) is 5.56 Å². The summed E-state index contributed by atoms with van der Waals surface area (Å²) < 4.78 is 49.2. The van der Waals surface area contributed by atoms with Gasteiger partial charge in [-0.05, 0) is 18.6 Å². The number of aromatic nitrogens is 1. The maximum Gasteiger partial charge on any atom is 0.416 e. The highest BCUT2D eigenvalue weighted by Gasteiger charge is 2.31. The van der Waals surface area contributed by atoms with Crippen LogP contribution in [0.3, 0.4) is 0 Å². The quantitative estimate of drug-likeness (QED) is 0.553. The van der Waals surface area contributed by atoms with Crippen LogP contribution in [0.1, 0.15) is 18.9 Å². The maximum atomic E-state index is 12.7. The van der Waals surface area contributed by atoms with Crippen molar-refractivity contribution >= 4 is 22.4 Å². The Balaban J connectivity index is 2.77. The molecule has 0 aliphatic heterocycles. The number of nitrogens with one attached hydrogen (secondary N) is 2. The third-order valence-electron chi connectivity index (χ3n) is 2.72. The zero-order valence-corrected chi connectivity index (χ0v) is 11.9. The molecule has 114 valence electrons. The first-order chi connectivity index (χ1) is 9.24. The van der Waals surface area contributed by atoms with Gasteiger partial charge in [-0.3, -0.25) is 4.21 Å². The molecule has 2 unspecified atom stereocenters. The molecular weight excluding hydrogens is 293 g/mol. The minimum atomic E-state index is -4.47. The molecule has 0 amide bonds. The molecule has 5 nitrogen and oxygen atoms in total. The van der Waals surface area contributed by atoms with E-state index in [1.54, 1.807) is 6.26 Å². The molecule has 0 fully saturated rings. The van der Waals surface area contributed by atoms with E-state index in [9.17, 15) is 17.4 Å². The summed E-state index contributed by atoms with van der Waals surface area (Å²) in [5.74, 6) is 5.10. The molecule has 9 heteroatoms. The summed E-state index contributed by atoms with van der Waals surface area (Å²) in [4.78, 5) is 3.88. The van der Waals surface area contributed by atoms with Crippen LogP contribution < -0.4 is 16.6 Å². The summed E-state index contributed by atoms with van der Waals surface area (Å²) in [5, 5.41) is 2.74. The molecular formula is C11H17F3N4OS. The summed E-state index contributed by atoms with van der Waals surface area (Å²) in [5.41, 5.74) is 1.26. The first-order valence-corrected chi connectivity index (χ1v) is 7.48. The van der Waals surface area contributed by atoms with Gasteiger partial charge < -0.3 is 10.7 Å². The van der Waals surface area contributed by atoms with E-state index in [-0.39, 0.29) is 16.9 Å². The van der Waals surface area contributed by atoms with Crippen molar-refractivity contribution in [1.82, 2.24) is 4.98 Å². The van der Waals surface area contributed by atoms with E-state index < -0.39 is 22.5 Å². The van der Waals surface area contributed by atoms with Gasteiger partial charge in [0, 0.05) is 28.9 Å². The fourth-order valence-corrected chi connectivity index (χ4v) is 1.88. The van der Waals surface area contributed by atoms with E-state index in [0.717, 1.165) is 12.1 Å². The van der Waals surface area contributed by atoms with Gasteiger partial charge in [-0.15, -0.1) is 0 Å². The van der Waals surface area contributed by atoms with Crippen molar-refractivity contribution in [3.63, 3.8) is 0 Å². The first-order valence-electron chi connectivity index (χ1n) is 5.86. The van der Waals surface area contributed by atoms with Crippen molar-refractivity contribution < 1.29 is 17.4 Å². The van der Waals surface area contributed by atoms with Crippen LogP contribution in [0.15, 0.2) is 12.1 Å². The summed E-state index contributed by atoms with van der Waals surface area (Å²) in [6, 6.07) is 1.74. The lowest BCUT2D eigenvalue weighted by molar-refractivity contribution is -0.137. The topological polar surface area (TPSA) is 80.0 Å². The molecule has 0 bridgehead atoms. The van der Waals surface area contributed by atoms with Gasteiger partial charge in [-0.2, -0.15) is 13.2 Å². The fourth-order valence-electron chi connectivity index (χ4n) is 1.43. The number of nitrogens with two attached hydrogens (primary N) is 1. The highest BCUT2D eigenvalue weighted by Crippen LogP contribution is 2.31. The van der Waals surface area contributed by atoms with Gasteiger partial charge in [-0.25, -0.2) is 10.8 Å². The number of rotatable bonds is 6. The Morgan fingerprint density at radius 1 is 1.40 bits per heavy atom. The number of anilines is 2. The van der Waals surface area contributed by atoms with Crippen LogP contribution in [0, 0.1) is 0 Å². The Labute approximate surface area is 117 Å². The smallest absolute Gasteiger partial charge is 0.370 e. The summed E-state index contributed by atoms with van der Waals surface area (Å²) >= 11 is 0. The van der Waals surface area contributed by atoms with E-state index in [4.69, 9.17) is 5.84 Å². The predicted molar refractivity (Wildman–Crippen MR) is 73.7 cm³/mol. The van der Waals surface area contributed by atoms with Crippen LogP contribution in [-0.4, -0.2) is 27.2 Å². The Morgan fingerprint density at radius 2 is 2.00 bits per heavy atom. The van der Waals surface area contributed by atoms with Crippen molar-refractivity contribution in [2.75, 3.05) is 23.5 Å². The van der Waals surface area contributed by atoms with Crippen LogP contribution in [0.25, 0.3) is 0 Å². The molecule has 1 rings (SSSR count). The SMILES string of the molecule is CC(CCNc1cc(C(F)(F)F)cc(NN)n1)S(C)=O. The van der Waals surface area contributed by atoms with Gasteiger partial charge in [0.2, 0.25) is 0 Å². The van der Waals surface area contributed by atoms with Crippen molar-refractivity contribution in [2.24, 2.45) is 5.84 Å². The predicted octanol–water partition coefficient (Wildman–Crippen LogP) is 1.95. The standard InChI is InChI=1S/C11H17F3N4OS/c1-7(20(2)19)3-4-16-9-5-8(11(12,13)14)6-10(17-9)18-15/h5-7H,3-4,15H2,1-2H3,(H2,16,17,18). The van der Waals surface area contributed by atoms with Crippen LogP contribution in [0.5, 0.6) is 0 Å². The Morgan fingerprint density at radius 3 is 2.50 bits per heavy atom. The molecule has 0 saturated heterocycles. The number of hydrazine groups is 1. The number of hydrogen-bond acceptors (Lipinski definition) is 5. The van der Waals surface area contributed by atoms with Gasteiger partial charge in [0.25, 0.3) is 0 Å². The van der Waals surface area contributed by atoms with Gasteiger partial charge in [0.1, 0.15) is 11.6 Å². The zero-order valence-electron chi connectivity index (χ0n) is 11.1. The second-order valence-electron chi connectivity index (χ2n) is 4.29. The largest absolute Gasteiger partial charge is 0.416 e. The molecule has 2 atom stereocenters. The molecule has 0 spiro atoms. The van der Waals surface area contributed by atoms with Crippen LogP contribution in [0.2, 0.25) is 0 Å². The lowest BCUT2D eigenvalue weighted by atomic mass is 10.2. The fraction of sp³-hybridized carbons (Fsp3) is 0.545. The van der Waals surface area contributed by atoms with Gasteiger partial charge in [0.15, 0.2) is 0 Å². The van der Waals surface area contributed by atoms with Crippen LogP contribution in [-0.2, 0) is 17.0 Å². The number of alkyl halides is 3. The lowest BCUT2D eigenvalue weighted by Crippen LogP contribution is -2.17. The summed E-state index contributed by atoms with van der Waals surface area (Å²) in [7, 11) is -0.965. The number of hydrogen-bond donors (Lipinski definition) is 3. The summed E-state index contributed by atoms with van der Waals surface area (Å²) in [6.07, 6.45) is -2.32. The Kier molecular flexibility index (Phi) is 5.75. The monoisotopic (exact) mass is 310 g/mol. The maximum absolute atomic E-state index is 12.7. The number of halogens is 3. The van der Waals surface area contributed by atoms with Crippen molar-refractivity contribution in [3.8, 4) is 0 Å². The molecule has 0 aliphatic carbocycles. The van der Waals surface area contributed by atoms with Gasteiger partial charge >= 0.3 is 6.18 Å². The third-order valence-corrected chi connectivity index (χ3v) is 4.09. The Bertz CT molecular complexity index is 481. The second-order valence-corrected chi connectivity index (χ2v) is 6.09. The molecule has 4 N–H and O–H groups in total. The lowest BCUT2D eigenvalue weighted by Gasteiger charge is -2.13. The molecule has 20 heavy (non-hydrogen) atoms. The number of nitrogens with zero attached hydrogens (tertiary/aromatic N) is 1. The van der Waals surface area contributed by atoms with E-state index in [1.807, 2.05) is 6.92 Å². The van der Waals surface area contributed by atoms with Crippen molar-refractivity contribution in [2.45, 2.75) is 24.8 Å². The molecule has 1 heterocycles. The zero-order chi connectivity index (χ0) is 15.3. The number of nitrogen functional groups attached to an aromatic ring is 1. The number of pyridine rings is 1. The Hall–Kier alpha value is -1.35. The van der Waals surface area contributed by atoms with E-state index in [1.165, 1.54) is 0 Å². The van der Waals surface area contributed by atoms with E-state index in [0.29, 0.717) is 13.0 Å². The van der Waals surface area contributed by atoms with Gasteiger partial charge in [-0.1, -0.05) is 6.92 Å². The first kappa shape index (κ1) is 16.7. The van der Waals surface area contributed by atoms with Crippen molar-refractivity contribution in [1.29, 1.82) is 0 Å². The second kappa shape index (κ2) is 6.89.